The summed E-state index contributed by atoms with van der Waals surface area (Å²) in [6.07, 6.45) is 0.420. The lowest BCUT2D eigenvalue weighted by Gasteiger charge is -2.08. The van der Waals surface area contributed by atoms with E-state index in [1.54, 1.807) is 23.9 Å². The largest absolute Gasteiger partial charge is 0.326 e. The molecule has 2 aromatic carbocycles. The predicted molar refractivity (Wildman–Crippen MR) is 107 cm³/mol. The van der Waals surface area contributed by atoms with Gasteiger partial charge in [-0.15, -0.1) is 11.8 Å². The van der Waals surface area contributed by atoms with Gasteiger partial charge in [-0.1, -0.05) is 35.9 Å². The molecule has 1 heterocycles. The Morgan fingerprint density at radius 2 is 1.92 bits per heavy atom. The summed E-state index contributed by atoms with van der Waals surface area (Å²) in [6.45, 7) is 4.17. The molecule has 0 bridgehead atoms. The molecular weight excluding hydrogens is 352 g/mol. The number of hydrogen-bond donors (Lipinski definition) is 1. The number of para-hydroxylation sites is 1. The lowest BCUT2D eigenvalue weighted by molar-refractivity contribution is -0.115. The second-order valence-electron chi connectivity index (χ2n) is 5.91. The maximum absolute atomic E-state index is 12.1. The third-order valence-corrected chi connectivity index (χ3v) is 5.06. The molecule has 0 aliphatic carbocycles. The molecule has 1 amide bonds. The molecule has 0 radical (unpaired) electrons. The Labute approximate surface area is 156 Å². The number of nitrogens with zero attached hydrogens (tertiary/aromatic N) is 1. The van der Waals surface area contributed by atoms with Crippen LogP contribution in [0.15, 0.2) is 53.6 Å². The van der Waals surface area contributed by atoms with Crippen LogP contribution in [0.4, 0.5) is 5.69 Å². The molecule has 0 spiro atoms. The SMILES string of the molecule is Cc1cc(SCCC(=O)Nc2cccc(Cl)c2)nc2c(C)cccc12. The molecule has 3 nitrogen and oxygen atoms in total. The Bertz CT molecular complexity index is 927. The summed E-state index contributed by atoms with van der Waals surface area (Å²) >= 11 is 7.53. The van der Waals surface area contributed by atoms with E-state index in [0.29, 0.717) is 17.2 Å². The molecule has 0 atom stereocenters. The fraction of sp³-hybridized carbons (Fsp3) is 0.200. The molecule has 128 valence electrons. The third kappa shape index (κ3) is 4.53. The van der Waals surface area contributed by atoms with Crippen LogP contribution in [0.3, 0.4) is 0 Å². The van der Waals surface area contributed by atoms with Crippen molar-refractivity contribution in [2.45, 2.75) is 25.3 Å². The number of pyridine rings is 1. The van der Waals surface area contributed by atoms with Crippen molar-refractivity contribution in [2.75, 3.05) is 11.1 Å². The predicted octanol–water partition coefficient (Wildman–Crippen LogP) is 5.63. The van der Waals surface area contributed by atoms with E-state index >= 15 is 0 Å². The van der Waals surface area contributed by atoms with E-state index in [4.69, 9.17) is 16.6 Å². The van der Waals surface area contributed by atoms with Gasteiger partial charge in [-0.05, 0) is 49.2 Å². The number of aryl methyl sites for hydroxylation is 2. The molecule has 0 saturated heterocycles. The summed E-state index contributed by atoms with van der Waals surface area (Å²) in [4.78, 5) is 16.8. The van der Waals surface area contributed by atoms with Crippen LogP contribution in [-0.4, -0.2) is 16.6 Å². The Morgan fingerprint density at radius 1 is 1.12 bits per heavy atom. The maximum atomic E-state index is 12.1. The maximum Gasteiger partial charge on any atom is 0.225 e. The van der Waals surface area contributed by atoms with Gasteiger partial charge < -0.3 is 5.32 Å². The van der Waals surface area contributed by atoms with Crippen LogP contribution >= 0.6 is 23.4 Å². The number of rotatable bonds is 5. The Hall–Kier alpha value is -2.04. The first-order valence-corrected chi connectivity index (χ1v) is 9.44. The molecule has 0 fully saturated rings. The third-order valence-electron chi connectivity index (χ3n) is 3.91. The summed E-state index contributed by atoms with van der Waals surface area (Å²) in [7, 11) is 0. The average molecular weight is 371 g/mol. The standard InChI is InChI=1S/C20H19ClN2OS/c1-13-5-3-8-17-14(2)11-19(23-20(13)17)25-10-9-18(24)22-16-7-4-6-15(21)12-16/h3-8,11-12H,9-10H2,1-2H3,(H,22,24). The van der Waals surface area contributed by atoms with Gasteiger partial charge in [0.25, 0.3) is 0 Å². The lowest BCUT2D eigenvalue weighted by Crippen LogP contribution is -2.12. The number of aromatic nitrogens is 1. The smallest absolute Gasteiger partial charge is 0.225 e. The van der Waals surface area contributed by atoms with Crippen molar-refractivity contribution in [2.24, 2.45) is 0 Å². The number of hydrogen-bond acceptors (Lipinski definition) is 3. The van der Waals surface area contributed by atoms with Gasteiger partial charge in [-0.25, -0.2) is 4.98 Å². The lowest BCUT2D eigenvalue weighted by atomic mass is 10.1. The number of halogens is 1. The summed E-state index contributed by atoms with van der Waals surface area (Å²) in [5.41, 5.74) is 4.13. The first kappa shape index (κ1) is 17.8. The Balaban J connectivity index is 1.61. The van der Waals surface area contributed by atoms with Crippen molar-refractivity contribution in [1.82, 2.24) is 4.98 Å². The Kier molecular flexibility index (Phi) is 5.61. The van der Waals surface area contributed by atoms with Gasteiger partial charge in [0, 0.05) is 28.3 Å². The topological polar surface area (TPSA) is 42.0 Å². The van der Waals surface area contributed by atoms with Gasteiger partial charge in [0.15, 0.2) is 0 Å². The molecule has 25 heavy (non-hydrogen) atoms. The minimum Gasteiger partial charge on any atom is -0.326 e. The number of carbonyl (C=O) groups is 1. The first-order chi connectivity index (χ1) is 12.0. The van der Waals surface area contributed by atoms with Crippen LogP contribution in [0.25, 0.3) is 10.9 Å². The fourth-order valence-electron chi connectivity index (χ4n) is 2.64. The number of fused-ring (bicyclic) bond motifs is 1. The minimum absolute atomic E-state index is 0.0246. The summed E-state index contributed by atoms with van der Waals surface area (Å²) < 4.78 is 0. The van der Waals surface area contributed by atoms with Gasteiger partial charge in [-0.3, -0.25) is 4.79 Å². The van der Waals surface area contributed by atoms with Gasteiger partial charge in [0.1, 0.15) is 0 Å². The van der Waals surface area contributed by atoms with Gasteiger partial charge in [0.2, 0.25) is 5.91 Å². The molecule has 0 aliphatic rings. The van der Waals surface area contributed by atoms with E-state index in [0.717, 1.165) is 16.2 Å². The number of anilines is 1. The molecular formula is C20H19ClN2OS. The van der Waals surface area contributed by atoms with E-state index in [-0.39, 0.29) is 5.91 Å². The first-order valence-electron chi connectivity index (χ1n) is 8.08. The van der Waals surface area contributed by atoms with Crippen molar-refractivity contribution in [1.29, 1.82) is 0 Å². The van der Waals surface area contributed by atoms with E-state index in [2.05, 4.69) is 43.4 Å². The van der Waals surface area contributed by atoms with E-state index in [1.165, 1.54) is 16.5 Å². The van der Waals surface area contributed by atoms with Gasteiger partial charge in [-0.2, -0.15) is 0 Å². The van der Waals surface area contributed by atoms with Crippen LogP contribution in [0, 0.1) is 13.8 Å². The quantitative estimate of drug-likeness (QED) is 0.592. The average Bonchev–Trinajstić information content (AvgIpc) is 2.56. The molecule has 3 aromatic rings. The van der Waals surface area contributed by atoms with Crippen molar-refractivity contribution in [3.63, 3.8) is 0 Å². The minimum atomic E-state index is -0.0246. The molecule has 1 aromatic heterocycles. The van der Waals surface area contributed by atoms with E-state index in [9.17, 15) is 4.79 Å². The second kappa shape index (κ2) is 7.89. The van der Waals surface area contributed by atoms with Crippen LogP contribution in [0.5, 0.6) is 0 Å². The van der Waals surface area contributed by atoms with Crippen molar-refractivity contribution < 1.29 is 4.79 Å². The summed E-state index contributed by atoms with van der Waals surface area (Å²) in [5.74, 6) is 0.652. The molecule has 0 unspecified atom stereocenters. The highest BCUT2D eigenvalue weighted by Crippen LogP contribution is 2.26. The number of amides is 1. The highest BCUT2D eigenvalue weighted by molar-refractivity contribution is 7.99. The van der Waals surface area contributed by atoms with Crippen LogP contribution < -0.4 is 5.32 Å². The van der Waals surface area contributed by atoms with Crippen molar-refractivity contribution in [3.05, 3.63) is 64.7 Å². The number of carbonyl (C=O) groups excluding carboxylic acids is 1. The number of benzene rings is 2. The monoisotopic (exact) mass is 370 g/mol. The fourth-order valence-corrected chi connectivity index (χ4v) is 3.75. The van der Waals surface area contributed by atoms with Gasteiger partial charge >= 0.3 is 0 Å². The summed E-state index contributed by atoms with van der Waals surface area (Å²) in [6, 6.07) is 15.5. The normalized spacial score (nSPS) is 10.8. The zero-order valence-corrected chi connectivity index (χ0v) is 15.7. The van der Waals surface area contributed by atoms with E-state index in [1.807, 2.05) is 12.1 Å². The number of nitrogens with one attached hydrogen (secondary N) is 1. The summed E-state index contributed by atoms with van der Waals surface area (Å²) in [5, 5.41) is 5.61. The van der Waals surface area contributed by atoms with Gasteiger partial charge in [0.05, 0.1) is 10.5 Å². The highest BCUT2D eigenvalue weighted by Gasteiger charge is 2.07. The van der Waals surface area contributed by atoms with Crippen LogP contribution in [0.2, 0.25) is 5.02 Å². The van der Waals surface area contributed by atoms with E-state index < -0.39 is 0 Å². The Morgan fingerprint density at radius 3 is 2.72 bits per heavy atom. The second-order valence-corrected chi connectivity index (χ2v) is 7.46. The van der Waals surface area contributed by atoms with Crippen molar-refractivity contribution >= 4 is 45.9 Å². The molecule has 0 saturated carbocycles. The molecule has 1 N–H and O–H groups in total. The van der Waals surface area contributed by atoms with Crippen LogP contribution in [-0.2, 0) is 4.79 Å². The van der Waals surface area contributed by atoms with Crippen molar-refractivity contribution in [3.8, 4) is 0 Å². The van der Waals surface area contributed by atoms with Crippen LogP contribution in [0.1, 0.15) is 17.5 Å². The zero-order valence-electron chi connectivity index (χ0n) is 14.2. The molecule has 3 rings (SSSR count). The molecule has 5 heteroatoms. The highest BCUT2D eigenvalue weighted by atomic mass is 35.5. The molecule has 0 aliphatic heterocycles. The number of thioether (sulfide) groups is 1. The zero-order chi connectivity index (χ0) is 17.8.